The molecular weight excluding hydrogens is 340 g/mol. The van der Waals surface area contributed by atoms with Crippen LogP contribution in [0.4, 0.5) is 0 Å². The van der Waals surface area contributed by atoms with E-state index in [4.69, 9.17) is 15.2 Å². The van der Waals surface area contributed by atoms with Crippen LogP contribution in [0.25, 0.3) is 0 Å². The maximum Gasteiger partial charge on any atom is 0.231 e. The Morgan fingerprint density at radius 3 is 3.10 bits per heavy atom. The maximum atomic E-state index is 6.04. The van der Waals surface area contributed by atoms with Crippen LogP contribution >= 0.6 is 27.7 Å². The molecule has 1 aromatic carbocycles. The Hall–Kier alpha value is -0.430. The molecule has 3 rings (SSSR count). The zero-order chi connectivity index (χ0) is 14.1. The van der Waals surface area contributed by atoms with E-state index in [0.29, 0.717) is 18.6 Å². The predicted molar refractivity (Wildman–Crippen MR) is 85.6 cm³/mol. The molecule has 2 aliphatic rings. The van der Waals surface area contributed by atoms with Crippen molar-refractivity contribution in [2.24, 2.45) is 5.73 Å². The van der Waals surface area contributed by atoms with Gasteiger partial charge in [-0.2, -0.15) is 11.8 Å². The summed E-state index contributed by atoms with van der Waals surface area (Å²) in [6, 6.07) is 4.42. The van der Waals surface area contributed by atoms with E-state index in [1.807, 2.05) is 11.8 Å². The lowest BCUT2D eigenvalue weighted by Gasteiger charge is -2.36. The van der Waals surface area contributed by atoms with E-state index in [0.717, 1.165) is 29.1 Å². The van der Waals surface area contributed by atoms with Crippen molar-refractivity contribution in [3.8, 4) is 11.5 Å². The van der Waals surface area contributed by atoms with Crippen LogP contribution in [0.2, 0.25) is 0 Å². The predicted octanol–water partition coefficient (Wildman–Crippen LogP) is 2.61. The van der Waals surface area contributed by atoms with Gasteiger partial charge in [0.05, 0.1) is 4.47 Å². The molecule has 0 aliphatic carbocycles. The fourth-order valence-corrected chi connectivity index (χ4v) is 4.42. The van der Waals surface area contributed by atoms with Crippen LogP contribution in [0.15, 0.2) is 16.6 Å². The van der Waals surface area contributed by atoms with Crippen LogP contribution < -0.4 is 15.2 Å². The lowest BCUT2D eigenvalue weighted by Crippen LogP contribution is -2.42. The number of ether oxygens (including phenoxy) is 2. The second-order valence-corrected chi connectivity index (χ2v) is 7.57. The highest BCUT2D eigenvalue weighted by atomic mass is 79.9. The van der Waals surface area contributed by atoms with Crippen molar-refractivity contribution in [2.45, 2.75) is 18.2 Å². The van der Waals surface area contributed by atoms with Gasteiger partial charge in [0.2, 0.25) is 6.79 Å². The quantitative estimate of drug-likeness (QED) is 0.899. The van der Waals surface area contributed by atoms with E-state index in [1.54, 1.807) is 0 Å². The van der Waals surface area contributed by atoms with E-state index >= 15 is 0 Å². The molecule has 2 heterocycles. The fraction of sp³-hybridized carbons (Fsp3) is 0.571. The Morgan fingerprint density at radius 2 is 2.35 bits per heavy atom. The van der Waals surface area contributed by atoms with Crippen molar-refractivity contribution in [2.75, 3.05) is 32.2 Å². The van der Waals surface area contributed by atoms with Crippen LogP contribution in [0.1, 0.15) is 18.5 Å². The highest BCUT2D eigenvalue weighted by molar-refractivity contribution is 9.10. The summed E-state index contributed by atoms with van der Waals surface area (Å²) in [4.78, 5) is 2.48. The molecule has 0 aromatic heterocycles. The van der Waals surface area contributed by atoms with Crippen LogP contribution in [0, 0.1) is 0 Å². The third-order valence-electron chi connectivity index (χ3n) is 3.77. The van der Waals surface area contributed by atoms with Crippen molar-refractivity contribution in [1.82, 2.24) is 4.90 Å². The zero-order valence-electron chi connectivity index (χ0n) is 11.5. The summed E-state index contributed by atoms with van der Waals surface area (Å²) >= 11 is 5.59. The summed E-state index contributed by atoms with van der Waals surface area (Å²) in [5.41, 5.74) is 7.24. The molecule has 6 heteroatoms. The SMILES string of the molecule is CC1CN(C(CN)c2cc(Br)c3c(c2)OCO3)CCS1. The molecule has 4 nitrogen and oxygen atoms in total. The van der Waals surface area contributed by atoms with Crippen molar-refractivity contribution in [3.05, 3.63) is 22.2 Å². The van der Waals surface area contributed by atoms with Crippen molar-refractivity contribution < 1.29 is 9.47 Å². The van der Waals surface area contributed by atoms with Gasteiger partial charge < -0.3 is 15.2 Å². The first-order chi connectivity index (χ1) is 9.69. The molecule has 0 saturated carbocycles. The van der Waals surface area contributed by atoms with Gasteiger partial charge in [-0.1, -0.05) is 6.92 Å². The third kappa shape index (κ3) is 2.79. The van der Waals surface area contributed by atoms with E-state index in [1.165, 1.54) is 11.3 Å². The minimum Gasteiger partial charge on any atom is -0.454 e. The van der Waals surface area contributed by atoms with E-state index in [9.17, 15) is 0 Å². The van der Waals surface area contributed by atoms with Gasteiger partial charge in [-0.15, -0.1) is 0 Å². The largest absolute Gasteiger partial charge is 0.454 e. The van der Waals surface area contributed by atoms with Crippen LogP contribution in [-0.4, -0.2) is 42.3 Å². The summed E-state index contributed by atoms with van der Waals surface area (Å²) in [6.45, 7) is 5.35. The molecule has 2 atom stereocenters. The Labute approximate surface area is 132 Å². The Bertz CT molecular complexity index is 500. The van der Waals surface area contributed by atoms with Gasteiger partial charge in [-0.3, -0.25) is 4.90 Å². The lowest BCUT2D eigenvalue weighted by atomic mass is 10.0. The van der Waals surface area contributed by atoms with E-state index in [2.05, 4.69) is 39.9 Å². The average Bonchev–Trinajstić information content (AvgIpc) is 2.88. The number of nitrogens with two attached hydrogens (primary N) is 1. The minimum absolute atomic E-state index is 0.240. The zero-order valence-corrected chi connectivity index (χ0v) is 13.9. The standard InChI is InChI=1S/C14H19BrN2O2S/c1-9-7-17(2-3-20-9)12(6-16)10-4-11(15)14-13(5-10)18-8-19-14/h4-5,9,12H,2-3,6-8,16H2,1H3. The van der Waals surface area contributed by atoms with Gasteiger partial charge in [0.25, 0.3) is 0 Å². The lowest BCUT2D eigenvalue weighted by molar-refractivity contribution is 0.173. The molecule has 2 aliphatic heterocycles. The first-order valence-electron chi connectivity index (χ1n) is 6.84. The van der Waals surface area contributed by atoms with Crippen LogP contribution in [0.5, 0.6) is 11.5 Å². The van der Waals surface area contributed by atoms with Crippen molar-refractivity contribution in [1.29, 1.82) is 0 Å². The first-order valence-corrected chi connectivity index (χ1v) is 8.68. The topological polar surface area (TPSA) is 47.7 Å². The summed E-state index contributed by atoms with van der Waals surface area (Å²) in [5, 5.41) is 0.662. The highest BCUT2D eigenvalue weighted by Gasteiger charge is 2.27. The Morgan fingerprint density at radius 1 is 1.50 bits per heavy atom. The Balaban J connectivity index is 1.87. The summed E-state index contributed by atoms with van der Waals surface area (Å²) in [6.07, 6.45) is 0. The van der Waals surface area contributed by atoms with E-state index in [-0.39, 0.29) is 6.04 Å². The van der Waals surface area contributed by atoms with Gasteiger partial charge >= 0.3 is 0 Å². The number of fused-ring (bicyclic) bond motifs is 1. The Kier molecular flexibility index (Phi) is 4.45. The molecule has 2 unspecified atom stereocenters. The van der Waals surface area contributed by atoms with Crippen molar-refractivity contribution >= 4 is 27.7 Å². The molecule has 20 heavy (non-hydrogen) atoms. The fourth-order valence-electron chi connectivity index (χ4n) is 2.80. The van der Waals surface area contributed by atoms with Gasteiger partial charge in [0, 0.05) is 36.7 Å². The van der Waals surface area contributed by atoms with Crippen LogP contribution in [0.3, 0.4) is 0 Å². The number of hydrogen-bond acceptors (Lipinski definition) is 5. The maximum absolute atomic E-state index is 6.04. The molecule has 0 amide bonds. The highest BCUT2D eigenvalue weighted by Crippen LogP contribution is 2.42. The number of thioether (sulfide) groups is 1. The van der Waals surface area contributed by atoms with Gasteiger partial charge in [-0.25, -0.2) is 0 Å². The molecule has 0 spiro atoms. The molecule has 110 valence electrons. The number of hydrogen-bond donors (Lipinski definition) is 1. The molecule has 0 radical (unpaired) electrons. The van der Waals surface area contributed by atoms with Crippen molar-refractivity contribution in [3.63, 3.8) is 0 Å². The molecule has 1 aromatic rings. The number of rotatable bonds is 3. The van der Waals surface area contributed by atoms with E-state index < -0.39 is 0 Å². The molecular formula is C14H19BrN2O2S. The van der Waals surface area contributed by atoms with Gasteiger partial charge in [0.15, 0.2) is 11.5 Å². The smallest absolute Gasteiger partial charge is 0.231 e. The summed E-state index contributed by atoms with van der Waals surface area (Å²) in [7, 11) is 0. The number of halogens is 1. The molecule has 1 fully saturated rings. The normalized spacial score (nSPS) is 23.9. The average molecular weight is 359 g/mol. The summed E-state index contributed by atoms with van der Waals surface area (Å²) < 4.78 is 11.9. The second-order valence-electron chi connectivity index (χ2n) is 5.16. The van der Waals surface area contributed by atoms with Gasteiger partial charge in [0.1, 0.15) is 0 Å². The molecule has 1 saturated heterocycles. The van der Waals surface area contributed by atoms with Gasteiger partial charge in [-0.05, 0) is 33.6 Å². The van der Waals surface area contributed by atoms with Crippen LogP contribution in [-0.2, 0) is 0 Å². The molecule has 0 bridgehead atoms. The second kappa shape index (κ2) is 6.13. The number of benzene rings is 1. The third-order valence-corrected chi connectivity index (χ3v) is 5.50. The summed E-state index contributed by atoms with van der Waals surface area (Å²) in [5.74, 6) is 2.78. The minimum atomic E-state index is 0.240. The molecule has 2 N–H and O–H groups in total. The number of nitrogens with zero attached hydrogens (tertiary/aromatic N) is 1. The monoisotopic (exact) mass is 358 g/mol. The first kappa shape index (κ1) is 14.5.